The highest BCUT2D eigenvalue weighted by Crippen LogP contribution is 2.26. The van der Waals surface area contributed by atoms with E-state index in [4.69, 9.17) is 0 Å². The Balaban J connectivity index is 1.45. The van der Waals surface area contributed by atoms with Crippen LogP contribution in [-0.4, -0.2) is 40.8 Å². The molecule has 1 aromatic carbocycles. The van der Waals surface area contributed by atoms with Crippen LogP contribution in [0.3, 0.4) is 0 Å². The van der Waals surface area contributed by atoms with E-state index in [0.717, 1.165) is 29.5 Å². The molecule has 9 heteroatoms. The number of thiophene rings is 1. The summed E-state index contributed by atoms with van der Waals surface area (Å²) in [6.45, 7) is 1.31. The second kappa shape index (κ2) is 8.07. The van der Waals surface area contributed by atoms with E-state index in [1.54, 1.807) is 16.3 Å². The molecule has 0 bridgehead atoms. The van der Waals surface area contributed by atoms with Crippen molar-refractivity contribution in [3.63, 3.8) is 0 Å². The van der Waals surface area contributed by atoms with Gasteiger partial charge in [0.2, 0.25) is 0 Å². The van der Waals surface area contributed by atoms with Gasteiger partial charge < -0.3 is 10.2 Å². The molecule has 28 heavy (non-hydrogen) atoms. The first kappa shape index (κ1) is 18.6. The maximum atomic E-state index is 12.6. The zero-order valence-corrected chi connectivity index (χ0v) is 16.6. The van der Waals surface area contributed by atoms with Gasteiger partial charge in [-0.25, -0.2) is 9.78 Å². The number of hydrogen-bond donors (Lipinski definition) is 2. The number of anilines is 1. The maximum Gasteiger partial charge on any atom is 0.324 e. The fraction of sp³-hybridized carbons (Fsp3) is 0.263. The number of imide groups is 1. The van der Waals surface area contributed by atoms with E-state index < -0.39 is 5.91 Å². The van der Waals surface area contributed by atoms with Gasteiger partial charge in [0.05, 0.1) is 15.8 Å². The van der Waals surface area contributed by atoms with E-state index in [1.165, 1.54) is 22.7 Å². The minimum Gasteiger partial charge on any atom is -0.324 e. The molecule has 2 N–H and O–H groups in total. The first-order valence-corrected chi connectivity index (χ1v) is 10.7. The van der Waals surface area contributed by atoms with E-state index in [-0.39, 0.29) is 17.5 Å². The maximum absolute atomic E-state index is 12.6. The van der Waals surface area contributed by atoms with Crippen LogP contribution in [0.1, 0.15) is 39.4 Å². The number of thiazole rings is 1. The second-order valence-corrected chi connectivity index (χ2v) is 8.36. The Hall–Kier alpha value is -2.78. The summed E-state index contributed by atoms with van der Waals surface area (Å²) in [6.07, 6.45) is 3.00. The van der Waals surface area contributed by atoms with Gasteiger partial charge in [0.25, 0.3) is 11.8 Å². The smallest absolute Gasteiger partial charge is 0.324 e. The highest BCUT2D eigenvalue weighted by Gasteiger charge is 2.22. The summed E-state index contributed by atoms with van der Waals surface area (Å²) in [4.78, 5) is 43.3. The van der Waals surface area contributed by atoms with E-state index >= 15 is 0 Å². The second-order valence-electron chi connectivity index (χ2n) is 6.41. The quantitative estimate of drug-likeness (QED) is 0.679. The average Bonchev–Trinajstić information content (AvgIpc) is 3.35. The summed E-state index contributed by atoms with van der Waals surface area (Å²) >= 11 is 2.52. The van der Waals surface area contributed by atoms with Crippen molar-refractivity contribution in [2.24, 2.45) is 0 Å². The number of nitrogens with zero attached hydrogens (tertiary/aromatic N) is 2. The van der Waals surface area contributed by atoms with E-state index in [1.807, 2.05) is 24.3 Å². The molecule has 0 unspecified atom stereocenters. The predicted octanol–water partition coefficient (Wildman–Crippen LogP) is 3.95. The largest absolute Gasteiger partial charge is 0.324 e. The van der Waals surface area contributed by atoms with E-state index in [2.05, 4.69) is 15.6 Å². The van der Waals surface area contributed by atoms with Crippen LogP contribution in [0.15, 0.2) is 35.7 Å². The minimum atomic E-state index is -0.517. The number of nitrogens with one attached hydrogen (secondary N) is 2. The van der Waals surface area contributed by atoms with Crippen LogP contribution in [0.2, 0.25) is 0 Å². The van der Waals surface area contributed by atoms with Crippen molar-refractivity contribution < 1.29 is 14.4 Å². The molecule has 4 amide bonds. The van der Waals surface area contributed by atoms with Gasteiger partial charge in [-0.1, -0.05) is 12.1 Å². The Morgan fingerprint density at radius 3 is 2.57 bits per heavy atom. The van der Waals surface area contributed by atoms with Gasteiger partial charge in [0.15, 0.2) is 5.01 Å². The number of para-hydroxylation sites is 1. The molecule has 0 radical (unpaired) electrons. The molecule has 1 fully saturated rings. The molecule has 1 aliphatic heterocycles. The summed E-state index contributed by atoms with van der Waals surface area (Å²) in [7, 11) is 0. The SMILES string of the molecule is O=C(Nc1sccc1C(=O)NC(=O)N1CCCCC1)c1nc2ccccc2s1. The van der Waals surface area contributed by atoms with Gasteiger partial charge in [0.1, 0.15) is 5.00 Å². The van der Waals surface area contributed by atoms with E-state index in [0.29, 0.717) is 23.1 Å². The fourth-order valence-corrected chi connectivity index (χ4v) is 4.69. The first-order chi connectivity index (χ1) is 13.6. The number of likely N-dealkylation sites (tertiary alicyclic amines) is 1. The third kappa shape index (κ3) is 3.90. The zero-order chi connectivity index (χ0) is 19.5. The van der Waals surface area contributed by atoms with Crippen molar-refractivity contribution >= 4 is 55.7 Å². The van der Waals surface area contributed by atoms with Crippen molar-refractivity contribution in [1.29, 1.82) is 0 Å². The van der Waals surface area contributed by atoms with Crippen molar-refractivity contribution in [2.45, 2.75) is 19.3 Å². The number of aromatic nitrogens is 1. The number of carbonyl (C=O) groups is 3. The highest BCUT2D eigenvalue weighted by atomic mass is 32.1. The molecule has 3 heterocycles. The Morgan fingerprint density at radius 1 is 1.00 bits per heavy atom. The Bertz CT molecular complexity index is 1000. The number of amides is 4. The average molecular weight is 415 g/mol. The van der Waals surface area contributed by atoms with Gasteiger partial charge in [0, 0.05) is 13.1 Å². The summed E-state index contributed by atoms with van der Waals surface area (Å²) < 4.78 is 0.920. The third-order valence-corrected chi connectivity index (χ3v) is 6.35. The molecule has 0 saturated carbocycles. The van der Waals surface area contributed by atoms with Gasteiger partial charge in [-0.3, -0.25) is 14.9 Å². The van der Waals surface area contributed by atoms with Crippen LogP contribution in [-0.2, 0) is 0 Å². The predicted molar refractivity (Wildman–Crippen MR) is 110 cm³/mol. The molecule has 4 rings (SSSR count). The molecular weight excluding hydrogens is 396 g/mol. The first-order valence-electron chi connectivity index (χ1n) is 8.96. The molecular formula is C19H18N4O3S2. The number of benzene rings is 1. The van der Waals surface area contributed by atoms with Crippen molar-refractivity contribution in [2.75, 3.05) is 18.4 Å². The summed E-state index contributed by atoms with van der Waals surface area (Å²) in [6, 6.07) is 8.71. The monoisotopic (exact) mass is 414 g/mol. The lowest BCUT2D eigenvalue weighted by Crippen LogP contribution is -2.45. The molecule has 1 saturated heterocycles. The normalized spacial score (nSPS) is 14.1. The van der Waals surface area contributed by atoms with Crippen LogP contribution in [0, 0.1) is 0 Å². The Labute approximate surface area is 169 Å². The molecule has 144 valence electrons. The van der Waals surface area contributed by atoms with Gasteiger partial charge >= 0.3 is 6.03 Å². The van der Waals surface area contributed by atoms with Crippen molar-refractivity contribution in [3.8, 4) is 0 Å². The number of piperidine rings is 1. The lowest BCUT2D eigenvalue weighted by Gasteiger charge is -2.26. The summed E-state index contributed by atoms with van der Waals surface area (Å²) in [5.74, 6) is -0.892. The summed E-state index contributed by atoms with van der Waals surface area (Å²) in [5.41, 5.74) is 1.03. The standard InChI is InChI=1S/C19H18N4O3S2/c24-15(22-19(26)23-9-4-1-5-10-23)12-8-11-27-17(12)21-16(25)18-20-13-6-2-3-7-14(13)28-18/h2-3,6-8,11H,1,4-5,9-10H2,(H,21,25)(H,22,24,26). The van der Waals surface area contributed by atoms with Crippen molar-refractivity contribution in [1.82, 2.24) is 15.2 Å². The molecule has 0 spiro atoms. The zero-order valence-electron chi connectivity index (χ0n) is 14.9. The molecule has 0 atom stereocenters. The van der Waals surface area contributed by atoms with Crippen LogP contribution >= 0.6 is 22.7 Å². The van der Waals surface area contributed by atoms with E-state index in [9.17, 15) is 14.4 Å². The Morgan fingerprint density at radius 2 is 1.79 bits per heavy atom. The Kier molecular flexibility index (Phi) is 5.36. The lowest BCUT2D eigenvalue weighted by molar-refractivity contribution is 0.0950. The number of hydrogen-bond acceptors (Lipinski definition) is 6. The minimum absolute atomic E-state index is 0.268. The third-order valence-electron chi connectivity index (χ3n) is 4.49. The molecule has 0 aliphatic carbocycles. The number of fused-ring (bicyclic) bond motifs is 1. The van der Waals surface area contributed by atoms with Gasteiger partial charge in [-0.2, -0.15) is 0 Å². The molecule has 1 aliphatic rings. The van der Waals surface area contributed by atoms with Crippen molar-refractivity contribution in [3.05, 3.63) is 46.3 Å². The topological polar surface area (TPSA) is 91.4 Å². The van der Waals surface area contributed by atoms with Crippen LogP contribution in [0.4, 0.5) is 9.80 Å². The van der Waals surface area contributed by atoms with Crippen LogP contribution in [0.5, 0.6) is 0 Å². The lowest BCUT2D eigenvalue weighted by atomic mass is 10.1. The number of urea groups is 1. The molecule has 2 aromatic heterocycles. The number of carbonyl (C=O) groups excluding carboxylic acids is 3. The fourth-order valence-electron chi connectivity index (χ4n) is 3.05. The number of rotatable bonds is 3. The van der Waals surface area contributed by atoms with Gasteiger partial charge in [-0.05, 0) is 42.8 Å². The van der Waals surface area contributed by atoms with Crippen LogP contribution in [0.25, 0.3) is 10.2 Å². The van der Waals surface area contributed by atoms with Crippen LogP contribution < -0.4 is 10.6 Å². The molecule has 3 aromatic rings. The van der Waals surface area contributed by atoms with Gasteiger partial charge in [-0.15, -0.1) is 22.7 Å². The summed E-state index contributed by atoms with van der Waals surface area (Å²) in [5, 5.41) is 7.58. The highest BCUT2D eigenvalue weighted by molar-refractivity contribution is 7.20. The molecule has 7 nitrogen and oxygen atoms in total.